The SMILES string of the molecule is CCCc1c(OC)c(OC)cc2[nH]c(=O)c(C(=O)C(Cc3ccc(Cl)cc3)Nc3ccc4ccccc4c3)c(O)c12. The monoisotopic (exact) mass is 570 g/mol. The molecule has 0 fully saturated rings. The highest BCUT2D eigenvalue weighted by Gasteiger charge is 2.29. The number of aryl methyl sites for hydroxylation is 1. The van der Waals surface area contributed by atoms with Crippen molar-refractivity contribution in [3.8, 4) is 17.2 Å². The van der Waals surface area contributed by atoms with Crippen LogP contribution in [0.1, 0.15) is 34.8 Å². The van der Waals surface area contributed by atoms with Crippen molar-refractivity contribution in [3.05, 3.63) is 105 Å². The zero-order valence-electron chi connectivity index (χ0n) is 23.1. The molecule has 5 rings (SSSR count). The summed E-state index contributed by atoms with van der Waals surface area (Å²) in [5.41, 5.74) is 1.58. The lowest BCUT2D eigenvalue weighted by Crippen LogP contribution is -2.35. The van der Waals surface area contributed by atoms with Gasteiger partial charge in [0.1, 0.15) is 11.3 Å². The number of carbonyl (C=O) groups excluding carboxylic acids is 1. The minimum atomic E-state index is -0.864. The minimum absolute atomic E-state index is 0.257. The lowest BCUT2D eigenvalue weighted by atomic mass is 9.94. The number of rotatable bonds is 10. The number of fused-ring (bicyclic) bond motifs is 2. The number of hydrogen-bond acceptors (Lipinski definition) is 6. The van der Waals surface area contributed by atoms with E-state index in [0.717, 1.165) is 22.8 Å². The molecule has 1 atom stereocenters. The minimum Gasteiger partial charge on any atom is -0.506 e. The van der Waals surface area contributed by atoms with Crippen LogP contribution in [0, 0.1) is 0 Å². The summed E-state index contributed by atoms with van der Waals surface area (Å²) < 4.78 is 11.1. The number of ether oxygens (including phenoxy) is 2. The summed E-state index contributed by atoms with van der Waals surface area (Å²) in [4.78, 5) is 30.4. The maximum Gasteiger partial charge on any atom is 0.263 e. The summed E-state index contributed by atoms with van der Waals surface area (Å²) in [6.45, 7) is 2.00. The second kappa shape index (κ2) is 11.9. The van der Waals surface area contributed by atoms with Gasteiger partial charge in [-0.2, -0.15) is 0 Å². The molecule has 41 heavy (non-hydrogen) atoms. The molecule has 7 nitrogen and oxygen atoms in total. The van der Waals surface area contributed by atoms with E-state index in [4.69, 9.17) is 21.1 Å². The quantitative estimate of drug-likeness (QED) is 0.158. The van der Waals surface area contributed by atoms with Crippen molar-refractivity contribution in [3.63, 3.8) is 0 Å². The van der Waals surface area contributed by atoms with E-state index in [1.165, 1.54) is 14.2 Å². The van der Waals surface area contributed by atoms with Gasteiger partial charge in [0.15, 0.2) is 17.3 Å². The normalized spacial score (nSPS) is 11.9. The van der Waals surface area contributed by atoms with Gasteiger partial charge in [-0.25, -0.2) is 0 Å². The first kappa shape index (κ1) is 28.1. The molecule has 1 heterocycles. The molecule has 3 N–H and O–H groups in total. The predicted octanol–water partition coefficient (Wildman–Crippen LogP) is 6.92. The Morgan fingerprint density at radius 2 is 1.73 bits per heavy atom. The fraction of sp³-hybridized carbons (Fsp3) is 0.212. The second-order valence-corrected chi connectivity index (χ2v) is 10.3. The van der Waals surface area contributed by atoms with Crippen LogP contribution in [0.2, 0.25) is 5.02 Å². The molecule has 0 aliphatic carbocycles. The van der Waals surface area contributed by atoms with Crippen LogP contribution in [0.25, 0.3) is 21.7 Å². The molecule has 5 aromatic rings. The third kappa shape index (κ3) is 5.58. The van der Waals surface area contributed by atoms with E-state index in [1.807, 2.05) is 61.5 Å². The van der Waals surface area contributed by atoms with Crippen LogP contribution in [0.5, 0.6) is 17.2 Å². The summed E-state index contributed by atoms with van der Waals surface area (Å²) in [6.07, 6.45) is 1.53. The van der Waals surface area contributed by atoms with Crippen LogP contribution >= 0.6 is 11.6 Å². The Labute approximate surface area is 242 Å². The van der Waals surface area contributed by atoms with Crippen molar-refractivity contribution in [1.29, 1.82) is 0 Å². The van der Waals surface area contributed by atoms with Crippen molar-refractivity contribution in [2.75, 3.05) is 19.5 Å². The first-order valence-corrected chi connectivity index (χ1v) is 13.8. The van der Waals surface area contributed by atoms with Crippen LogP contribution in [0.15, 0.2) is 77.6 Å². The van der Waals surface area contributed by atoms with Gasteiger partial charge in [0, 0.05) is 34.1 Å². The fourth-order valence-electron chi connectivity index (χ4n) is 5.29. The van der Waals surface area contributed by atoms with Crippen LogP contribution < -0.4 is 20.3 Å². The van der Waals surface area contributed by atoms with Crippen molar-refractivity contribution in [2.45, 2.75) is 32.2 Å². The lowest BCUT2D eigenvalue weighted by Gasteiger charge is -2.21. The topological polar surface area (TPSA) is 101 Å². The molecule has 210 valence electrons. The van der Waals surface area contributed by atoms with E-state index in [0.29, 0.717) is 45.1 Å². The molecule has 0 aliphatic heterocycles. The van der Waals surface area contributed by atoms with E-state index < -0.39 is 17.4 Å². The van der Waals surface area contributed by atoms with E-state index in [2.05, 4.69) is 10.3 Å². The second-order valence-electron chi connectivity index (χ2n) is 9.89. The molecule has 0 saturated carbocycles. The molecular formula is C33H31ClN2O5. The van der Waals surface area contributed by atoms with Crippen LogP contribution in [0.3, 0.4) is 0 Å². The standard InChI is InChI=1S/C33H31ClN2O5/c1-4-7-24-28-25(18-27(40-2)32(24)41-3)36-33(39)29(31(28)38)30(37)26(16-19-10-13-22(34)14-11-19)35-23-15-12-20-8-5-6-9-21(20)17-23/h5-6,8-15,17-18,26,35H,4,7,16H2,1-3H3,(H2,36,38,39). The van der Waals surface area contributed by atoms with Crippen LogP contribution in [-0.4, -0.2) is 36.1 Å². The highest BCUT2D eigenvalue weighted by atomic mass is 35.5. The van der Waals surface area contributed by atoms with Crippen molar-refractivity contribution in [2.24, 2.45) is 0 Å². The Morgan fingerprint density at radius 1 is 1.00 bits per heavy atom. The first-order valence-electron chi connectivity index (χ1n) is 13.4. The number of ketones is 1. The number of benzene rings is 4. The van der Waals surface area contributed by atoms with Gasteiger partial charge in [-0.1, -0.05) is 67.4 Å². The maximum absolute atomic E-state index is 14.2. The Bertz CT molecular complexity index is 1800. The van der Waals surface area contributed by atoms with Gasteiger partial charge in [0.05, 0.1) is 25.8 Å². The van der Waals surface area contributed by atoms with E-state index in [-0.39, 0.29) is 17.7 Å². The van der Waals surface area contributed by atoms with Gasteiger partial charge in [0.25, 0.3) is 5.56 Å². The number of methoxy groups -OCH3 is 2. The van der Waals surface area contributed by atoms with Crippen LogP contribution in [-0.2, 0) is 12.8 Å². The zero-order valence-corrected chi connectivity index (χ0v) is 23.8. The lowest BCUT2D eigenvalue weighted by molar-refractivity contribution is 0.0965. The number of aromatic amines is 1. The summed E-state index contributed by atoms with van der Waals surface area (Å²) in [6, 6.07) is 21.7. The van der Waals surface area contributed by atoms with E-state index in [1.54, 1.807) is 18.2 Å². The number of aromatic hydroxyl groups is 1. The Kier molecular flexibility index (Phi) is 8.17. The molecule has 0 saturated heterocycles. The molecule has 8 heteroatoms. The third-order valence-electron chi connectivity index (χ3n) is 7.22. The third-order valence-corrected chi connectivity index (χ3v) is 7.48. The number of aromatic nitrogens is 1. The molecule has 0 bridgehead atoms. The molecular weight excluding hydrogens is 540 g/mol. The number of anilines is 1. The van der Waals surface area contributed by atoms with Gasteiger partial charge >= 0.3 is 0 Å². The molecule has 0 aliphatic rings. The summed E-state index contributed by atoms with van der Waals surface area (Å²) in [5, 5.41) is 17.9. The van der Waals surface area contributed by atoms with Gasteiger partial charge in [-0.3, -0.25) is 9.59 Å². The first-order chi connectivity index (χ1) is 19.8. The van der Waals surface area contributed by atoms with Crippen molar-refractivity contribution >= 4 is 44.7 Å². The average Bonchev–Trinajstić information content (AvgIpc) is 2.97. The number of halogens is 1. The van der Waals surface area contributed by atoms with Gasteiger partial charge < -0.3 is 24.9 Å². The molecule has 1 aromatic heterocycles. The number of carbonyl (C=O) groups is 1. The molecule has 0 amide bonds. The maximum atomic E-state index is 14.2. The average molecular weight is 571 g/mol. The largest absolute Gasteiger partial charge is 0.506 e. The van der Waals surface area contributed by atoms with Gasteiger partial charge in [-0.15, -0.1) is 0 Å². The number of pyridine rings is 1. The number of hydrogen-bond donors (Lipinski definition) is 3. The zero-order chi connectivity index (χ0) is 29.1. The fourth-order valence-corrected chi connectivity index (χ4v) is 5.42. The molecule has 0 spiro atoms. The number of H-pyrrole nitrogens is 1. The number of Topliss-reactive ketones (excluding diaryl/α,β-unsaturated/α-hetero) is 1. The summed E-state index contributed by atoms with van der Waals surface area (Å²) in [5.74, 6) is -0.0312. The number of nitrogens with one attached hydrogen (secondary N) is 2. The Morgan fingerprint density at radius 3 is 2.41 bits per heavy atom. The smallest absolute Gasteiger partial charge is 0.263 e. The highest BCUT2D eigenvalue weighted by molar-refractivity contribution is 6.30. The highest BCUT2D eigenvalue weighted by Crippen LogP contribution is 2.41. The Hall–Kier alpha value is -4.49. The van der Waals surface area contributed by atoms with E-state index >= 15 is 0 Å². The predicted molar refractivity (Wildman–Crippen MR) is 164 cm³/mol. The van der Waals surface area contributed by atoms with Gasteiger partial charge in [-0.05, 0) is 47.0 Å². The molecule has 4 aromatic carbocycles. The van der Waals surface area contributed by atoms with Crippen molar-refractivity contribution in [1.82, 2.24) is 4.98 Å². The van der Waals surface area contributed by atoms with E-state index in [9.17, 15) is 14.7 Å². The summed E-state index contributed by atoms with van der Waals surface area (Å²) in [7, 11) is 3.03. The van der Waals surface area contributed by atoms with Gasteiger partial charge in [0.2, 0.25) is 0 Å². The van der Waals surface area contributed by atoms with Crippen molar-refractivity contribution < 1.29 is 19.4 Å². The van der Waals surface area contributed by atoms with Crippen LogP contribution in [0.4, 0.5) is 5.69 Å². The summed E-state index contributed by atoms with van der Waals surface area (Å²) >= 11 is 6.10. The molecule has 0 radical (unpaired) electrons. The molecule has 1 unspecified atom stereocenters. The Balaban J connectivity index is 1.64.